The van der Waals surface area contributed by atoms with Crippen LogP contribution in [0.3, 0.4) is 0 Å². The van der Waals surface area contributed by atoms with Crippen LogP contribution in [0.4, 0.5) is 10.1 Å². The van der Waals surface area contributed by atoms with Crippen LogP contribution >= 0.6 is 23.2 Å². The van der Waals surface area contributed by atoms with Gasteiger partial charge in [-0.2, -0.15) is 0 Å². The number of nitrogens with two attached hydrogens (primary N) is 1. The molecule has 12 heteroatoms. The maximum atomic E-state index is 15.6. The van der Waals surface area contributed by atoms with Gasteiger partial charge in [0.15, 0.2) is 5.82 Å². The van der Waals surface area contributed by atoms with Crippen molar-refractivity contribution in [1.82, 2.24) is 10.2 Å². The van der Waals surface area contributed by atoms with Gasteiger partial charge in [0, 0.05) is 23.1 Å². The second-order valence-electron chi connectivity index (χ2n) is 9.41. The molecular formula is C27H27Cl2FN4O4S. The van der Waals surface area contributed by atoms with E-state index < -0.39 is 45.3 Å². The summed E-state index contributed by atoms with van der Waals surface area (Å²) in [6.45, 7) is 1.95. The molecule has 0 spiro atoms. The summed E-state index contributed by atoms with van der Waals surface area (Å²) >= 11 is 12.2. The lowest BCUT2D eigenvalue weighted by Gasteiger charge is -2.48. The zero-order valence-corrected chi connectivity index (χ0v) is 23.5. The summed E-state index contributed by atoms with van der Waals surface area (Å²) in [5, 5.41) is 3.49. The van der Waals surface area contributed by atoms with Crippen LogP contribution < -0.4 is 15.4 Å². The quantitative estimate of drug-likeness (QED) is 0.390. The SMILES string of the molecule is CC(NC(=O)c1cccc(N(C2CN(C(c3ccc(Cl)cc3)c3ccc(Cl)cc3)C2)S(C)(=O)=O)c1F)C(N)=O. The smallest absolute Gasteiger partial charge is 0.254 e. The number of nitrogens with zero attached hydrogens (tertiary/aromatic N) is 2. The average molecular weight is 594 g/mol. The average Bonchev–Trinajstić information content (AvgIpc) is 2.84. The number of anilines is 1. The first-order valence-electron chi connectivity index (χ1n) is 12.0. The number of hydrogen-bond donors (Lipinski definition) is 2. The number of nitrogens with one attached hydrogen (secondary N) is 1. The van der Waals surface area contributed by atoms with Crippen LogP contribution in [0.25, 0.3) is 0 Å². The summed E-state index contributed by atoms with van der Waals surface area (Å²) in [7, 11) is -3.94. The van der Waals surface area contributed by atoms with E-state index in [0.717, 1.165) is 21.7 Å². The van der Waals surface area contributed by atoms with Gasteiger partial charge in [0.05, 0.1) is 29.6 Å². The summed E-state index contributed by atoms with van der Waals surface area (Å²) in [5.41, 5.74) is 6.42. The zero-order valence-electron chi connectivity index (χ0n) is 21.1. The van der Waals surface area contributed by atoms with E-state index in [1.54, 1.807) is 24.3 Å². The fourth-order valence-electron chi connectivity index (χ4n) is 4.61. The number of hydrogen-bond acceptors (Lipinski definition) is 5. The van der Waals surface area contributed by atoms with Crippen molar-refractivity contribution in [2.75, 3.05) is 23.7 Å². The first kappa shape index (κ1) is 28.8. The van der Waals surface area contributed by atoms with Crippen molar-refractivity contribution in [3.8, 4) is 0 Å². The molecule has 1 aliphatic rings. The van der Waals surface area contributed by atoms with Crippen LogP contribution in [0.1, 0.15) is 34.5 Å². The van der Waals surface area contributed by atoms with Crippen molar-refractivity contribution in [3.63, 3.8) is 0 Å². The number of sulfonamides is 1. The molecule has 3 aromatic rings. The standard InChI is InChI=1S/C27H27Cl2FN4O4S/c1-16(26(31)35)32-27(36)22-4-3-5-23(24(22)30)34(39(2,37)38)21-14-33(15-21)25(17-6-10-19(28)11-7-17)18-8-12-20(29)13-9-18/h3-13,16,21,25H,14-15H2,1-2H3,(H2,31,35)(H,32,36). The molecule has 1 atom stereocenters. The van der Waals surface area contributed by atoms with E-state index in [9.17, 15) is 18.0 Å². The lowest BCUT2D eigenvalue weighted by Crippen LogP contribution is -2.61. The maximum absolute atomic E-state index is 15.6. The van der Waals surface area contributed by atoms with Crippen molar-refractivity contribution < 1.29 is 22.4 Å². The molecule has 1 heterocycles. The van der Waals surface area contributed by atoms with Crippen molar-refractivity contribution in [2.45, 2.75) is 25.0 Å². The number of rotatable bonds is 9. The molecule has 3 N–H and O–H groups in total. The minimum atomic E-state index is -3.94. The van der Waals surface area contributed by atoms with E-state index in [2.05, 4.69) is 10.2 Å². The molecule has 206 valence electrons. The fourth-order valence-corrected chi connectivity index (χ4v) is 6.03. The highest BCUT2D eigenvalue weighted by Gasteiger charge is 2.42. The van der Waals surface area contributed by atoms with E-state index in [-0.39, 0.29) is 24.8 Å². The Morgan fingerprint density at radius 2 is 1.51 bits per heavy atom. The van der Waals surface area contributed by atoms with E-state index in [1.165, 1.54) is 25.1 Å². The van der Waals surface area contributed by atoms with Crippen molar-refractivity contribution >= 4 is 50.7 Å². The number of halogens is 3. The molecule has 8 nitrogen and oxygen atoms in total. The van der Waals surface area contributed by atoms with Crippen LogP contribution in [-0.4, -0.2) is 56.6 Å². The third-order valence-electron chi connectivity index (χ3n) is 6.55. The Bertz CT molecular complexity index is 1440. The summed E-state index contributed by atoms with van der Waals surface area (Å²) in [5.74, 6) is -2.68. The highest BCUT2D eigenvalue weighted by atomic mass is 35.5. The summed E-state index contributed by atoms with van der Waals surface area (Å²) < 4.78 is 42.4. The predicted octanol–water partition coefficient (Wildman–Crippen LogP) is 3.98. The van der Waals surface area contributed by atoms with Gasteiger partial charge in [0.25, 0.3) is 5.91 Å². The Labute approximate surface area is 236 Å². The number of carbonyl (C=O) groups excluding carboxylic acids is 2. The molecular weight excluding hydrogens is 566 g/mol. The van der Waals surface area contributed by atoms with Crippen molar-refractivity contribution in [1.29, 1.82) is 0 Å². The molecule has 0 saturated carbocycles. The Kier molecular flexibility index (Phi) is 8.51. The van der Waals surface area contributed by atoms with E-state index >= 15 is 4.39 Å². The molecule has 0 radical (unpaired) electrons. The van der Waals surface area contributed by atoms with Gasteiger partial charge >= 0.3 is 0 Å². The topological polar surface area (TPSA) is 113 Å². The molecule has 1 aliphatic heterocycles. The molecule has 0 aliphatic carbocycles. The molecule has 4 rings (SSSR count). The van der Waals surface area contributed by atoms with Crippen LogP contribution in [0.2, 0.25) is 10.0 Å². The number of carbonyl (C=O) groups is 2. The van der Waals surface area contributed by atoms with Crippen LogP contribution in [0.15, 0.2) is 66.7 Å². The van der Waals surface area contributed by atoms with Crippen molar-refractivity contribution in [2.24, 2.45) is 5.73 Å². The van der Waals surface area contributed by atoms with Crippen molar-refractivity contribution in [3.05, 3.63) is 99.3 Å². The lowest BCUT2D eigenvalue weighted by atomic mass is 9.93. The highest BCUT2D eigenvalue weighted by molar-refractivity contribution is 7.92. The number of benzene rings is 3. The third-order valence-corrected chi connectivity index (χ3v) is 8.26. The molecule has 1 saturated heterocycles. The van der Waals surface area contributed by atoms with Crippen LogP contribution in [0, 0.1) is 5.82 Å². The molecule has 0 aromatic heterocycles. The Morgan fingerprint density at radius 1 is 1.00 bits per heavy atom. The van der Waals surface area contributed by atoms with Crippen LogP contribution in [-0.2, 0) is 14.8 Å². The molecule has 39 heavy (non-hydrogen) atoms. The van der Waals surface area contributed by atoms with E-state index in [4.69, 9.17) is 28.9 Å². The number of primary amides is 1. The molecule has 3 aromatic carbocycles. The van der Waals surface area contributed by atoms with Gasteiger partial charge in [-0.05, 0) is 54.4 Å². The summed E-state index contributed by atoms with van der Waals surface area (Å²) in [6.07, 6.45) is 0.993. The number of likely N-dealkylation sites (tertiary alicyclic amines) is 1. The van der Waals surface area contributed by atoms with Gasteiger partial charge in [0.1, 0.15) is 6.04 Å². The van der Waals surface area contributed by atoms with Gasteiger partial charge in [-0.1, -0.05) is 53.5 Å². The molecule has 1 unspecified atom stereocenters. The monoisotopic (exact) mass is 592 g/mol. The minimum absolute atomic E-state index is 0.227. The lowest BCUT2D eigenvalue weighted by molar-refractivity contribution is -0.119. The first-order chi connectivity index (χ1) is 18.4. The van der Waals surface area contributed by atoms with Gasteiger partial charge in [-0.25, -0.2) is 12.8 Å². The van der Waals surface area contributed by atoms with Gasteiger partial charge < -0.3 is 11.1 Å². The van der Waals surface area contributed by atoms with Crippen LogP contribution in [0.5, 0.6) is 0 Å². The second kappa shape index (κ2) is 11.5. The largest absolute Gasteiger partial charge is 0.368 e. The summed E-state index contributed by atoms with van der Waals surface area (Å²) in [6, 6.07) is 16.8. The predicted molar refractivity (Wildman–Crippen MR) is 150 cm³/mol. The first-order valence-corrected chi connectivity index (χ1v) is 14.6. The maximum Gasteiger partial charge on any atom is 0.254 e. The van der Waals surface area contributed by atoms with Gasteiger partial charge in [-0.15, -0.1) is 0 Å². The summed E-state index contributed by atoms with van der Waals surface area (Å²) in [4.78, 5) is 26.0. The van der Waals surface area contributed by atoms with E-state index in [1.807, 2.05) is 24.3 Å². The normalized spacial score (nSPS) is 15.0. The van der Waals surface area contributed by atoms with Gasteiger partial charge in [0.2, 0.25) is 15.9 Å². The molecule has 1 fully saturated rings. The van der Waals surface area contributed by atoms with E-state index in [0.29, 0.717) is 10.0 Å². The highest BCUT2D eigenvalue weighted by Crippen LogP contribution is 2.37. The zero-order chi connectivity index (χ0) is 28.5. The fraction of sp³-hybridized carbons (Fsp3) is 0.259. The minimum Gasteiger partial charge on any atom is -0.368 e. The number of amides is 2. The van der Waals surface area contributed by atoms with Gasteiger partial charge in [-0.3, -0.25) is 18.8 Å². The Morgan fingerprint density at radius 3 is 1.97 bits per heavy atom. The molecule has 0 bridgehead atoms. The molecule has 2 amide bonds. The Hall–Kier alpha value is -3.18. The third kappa shape index (κ3) is 6.36. The Balaban J connectivity index is 1.64. The second-order valence-corrected chi connectivity index (χ2v) is 12.1.